The highest BCUT2D eigenvalue weighted by molar-refractivity contribution is 5.88. The number of phenolic OH excluding ortho intramolecular Hbond substituents is 4. The fraction of sp³-hybridized carbons (Fsp3) is 0.595. The number of aliphatic hydroxyl groups is 10. The highest BCUT2D eigenvalue weighted by Gasteiger charge is 2.55. The van der Waals surface area contributed by atoms with Crippen LogP contribution in [-0.4, -0.2) is 202 Å². The number of phenols is 4. The van der Waals surface area contributed by atoms with Gasteiger partial charge in [0.1, 0.15) is 89.1 Å². The molecule has 7 rings (SSSR count). The van der Waals surface area contributed by atoms with E-state index < -0.39 is 176 Å². The maximum absolute atomic E-state index is 14.2. The summed E-state index contributed by atoms with van der Waals surface area (Å²) < 4.78 is 51.2. The Morgan fingerprint density at radius 3 is 2.15 bits per heavy atom. The van der Waals surface area contributed by atoms with Crippen LogP contribution in [0.15, 0.2) is 39.5 Å². The number of hydrogen-bond donors (Lipinski definition) is 14. The van der Waals surface area contributed by atoms with Gasteiger partial charge in [-0.25, -0.2) is 0 Å². The van der Waals surface area contributed by atoms with Crippen molar-refractivity contribution in [2.75, 3.05) is 26.4 Å². The molecule has 14 N–H and O–H groups in total. The molecule has 1 unspecified atom stereocenters. The zero-order chi connectivity index (χ0) is 44.2. The number of aromatic hydroxyl groups is 4. The summed E-state index contributed by atoms with van der Waals surface area (Å²) in [6.45, 7) is -1.52. The van der Waals surface area contributed by atoms with E-state index in [0.717, 1.165) is 24.3 Å². The van der Waals surface area contributed by atoms with Crippen LogP contribution >= 0.6 is 0 Å². The van der Waals surface area contributed by atoms with Crippen molar-refractivity contribution in [3.63, 3.8) is 0 Å². The predicted octanol–water partition coefficient (Wildman–Crippen LogP) is -4.76. The Morgan fingerprint density at radius 1 is 0.738 bits per heavy atom. The molecule has 0 radical (unpaired) electrons. The molecular formula is C37H46O24. The first-order valence-corrected chi connectivity index (χ1v) is 18.8. The van der Waals surface area contributed by atoms with Gasteiger partial charge in [0.05, 0.1) is 32.5 Å². The Labute approximate surface area is 342 Å². The van der Waals surface area contributed by atoms with Gasteiger partial charge in [0.15, 0.2) is 42.2 Å². The molecule has 338 valence electrons. The van der Waals surface area contributed by atoms with Crippen LogP contribution in [0.1, 0.15) is 6.92 Å². The van der Waals surface area contributed by atoms with Gasteiger partial charge in [0.25, 0.3) is 0 Å². The average molecular weight is 875 g/mol. The van der Waals surface area contributed by atoms with Crippen molar-refractivity contribution >= 4 is 11.0 Å². The van der Waals surface area contributed by atoms with Crippen LogP contribution in [0.5, 0.6) is 28.7 Å². The van der Waals surface area contributed by atoms with Gasteiger partial charge in [-0.1, -0.05) is 0 Å². The Kier molecular flexibility index (Phi) is 13.0. The van der Waals surface area contributed by atoms with Gasteiger partial charge in [0, 0.05) is 17.7 Å². The Hall–Kier alpha value is -4.03. The second kappa shape index (κ2) is 17.6. The van der Waals surface area contributed by atoms with Gasteiger partial charge in [-0.2, -0.15) is 0 Å². The van der Waals surface area contributed by atoms with Crippen LogP contribution in [0.2, 0.25) is 0 Å². The summed E-state index contributed by atoms with van der Waals surface area (Å²) in [5.74, 6) is -3.86. The second-order valence-electron chi connectivity index (χ2n) is 15.1. The van der Waals surface area contributed by atoms with Crippen molar-refractivity contribution < 1.29 is 114 Å². The molecule has 4 aliphatic rings. The molecule has 61 heavy (non-hydrogen) atoms. The van der Waals surface area contributed by atoms with E-state index >= 15 is 0 Å². The average Bonchev–Trinajstić information content (AvgIpc) is 3.50. The summed E-state index contributed by atoms with van der Waals surface area (Å²) in [5.41, 5.74) is -3.87. The molecule has 17 atom stereocenters. The van der Waals surface area contributed by atoms with Gasteiger partial charge in [0.2, 0.25) is 17.5 Å². The van der Waals surface area contributed by atoms with Crippen molar-refractivity contribution in [1.82, 2.24) is 0 Å². The van der Waals surface area contributed by atoms with Crippen molar-refractivity contribution in [3.05, 3.63) is 40.6 Å². The molecule has 0 saturated carbocycles. The van der Waals surface area contributed by atoms with E-state index in [2.05, 4.69) is 0 Å². The fourth-order valence-electron chi connectivity index (χ4n) is 7.23. The van der Waals surface area contributed by atoms with E-state index in [9.17, 15) is 76.3 Å². The number of ether oxygens (including phenoxy) is 8. The summed E-state index contributed by atoms with van der Waals surface area (Å²) >= 11 is 0. The Bertz CT molecular complexity index is 2080. The maximum Gasteiger partial charge on any atom is 0.239 e. The molecule has 2 aromatic carbocycles. The summed E-state index contributed by atoms with van der Waals surface area (Å²) in [6, 6.07) is 4.99. The molecule has 4 aliphatic heterocycles. The van der Waals surface area contributed by atoms with Crippen LogP contribution < -0.4 is 10.2 Å². The predicted molar refractivity (Wildman–Crippen MR) is 193 cm³/mol. The molecule has 5 heterocycles. The lowest BCUT2D eigenvalue weighted by molar-refractivity contribution is -0.355. The van der Waals surface area contributed by atoms with Crippen LogP contribution in [0, 0.1) is 0 Å². The monoisotopic (exact) mass is 874 g/mol. The van der Waals surface area contributed by atoms with Crippen LogP contribution in [0.25, 0.3) is 22.3 Å². The second-order valence-corrected chi connectivity index (χ2v) is 15.1. The first-order chi connectivity index (χ1) is 28.8. The zero-order valence-electron chi connectivity index (χ0n) is 31.8. The van der Waals surface area contributed by atoms with Crippen molar-refractivity contribution in [3.8, 4) is 40.1 Å². The Morgan fingerprint density at radius 2 is 1.46 bits per heavy atom. The molecule has 1 aromatic heterocycles. The van der Waals surface area contributed by atoms with E-state index in [-0.39, 0.29) is 11.1 Å². The summed E-state index contributed by atoms with van der Waals surface area (Å²) in [7, 11) is 0. The number of hydrogen-bond acceptors (Lipinski definition) is 24. The van der Waals surface area contributed by atoms with E-state index in [1.807, 2.05) is 0 Å². The fourth-order valence-corrected chi connectivity index (χ4v) is 7.23. The summed E-state index contributed by atoms with van der Waals surface area (Å²) in [4.78, 5) is 14.2. The van der Waals surface area contributed by atoms with Crippen molar-refractivity contribution in [2.24, 2.45) is 0 Å². The van der Waals surface area contributed by atoms with Gasteiger partial charge in [-0.3, -0.25) is 4.79 Å². The summed E-state index contributed by atoms with van der Waals surface area (Å²) in [6.07, 6.45) is -28.1. The first-order valence-electron chi connectivity index (χ1n) is 18.8. The van der Waals surface area contributed by atoms with Crippen LogP contribution in [0.3, 0.4) is 0 Å². The first kappa shape index (κ1) is 45.0. The molecule has 0 spiro atoms. The number of aliphatic hydroxyl groups excluding tert-OH is 9. The van der Waals surface area contributed by atoms with Gasteiger partial charge in [-0.05, 0) is 25.1 Å². The van der Waals surface area contributed by atoms with E-state index in [4.69, 9.17) is 42.3 Å². The molecule has 0 aliphatic carbocycles. The normalized spacial score (nSPS) is 39.4. The topological polar surface area (TPSA) is 387 Å². The number of rotatable bonds is 11. The van der Waals surface area contributed by atoms with E-state index in [0.29, 0.717) is 0 Å². The smallest absolute Gasteiger partial charge is 0.239 e. The molecule has 24 nitrogen and oxygen atoms in total. The third-order valence-electron chi connectivity index (χ3n) is 10.9. The number of benzene rings is 2. The lowest BCUT2D eigenvalue weighted by Crippen LogP contribution is -2.64. The molecular weight excluding hydrogens is 828 g/mol. The molecule has 3 aromatic rings. The highest BCUT2D eigenvalue weighted by Crippen LogP contribution is 2.40. The van der Waals surface area contributed by atoms with Crippen LogP contribution in [0.4, 0.5) is 0 Å². The summed E-state index contributed by atoms with van der Waals surface area (Å²) in [5, 5.41) is 147. The maximum atomic E-state index is 14.2. The van der Waals surface area contributed by atoms with E-state index in [1.165, 1.54) is 13.0 Å². The lowest BCUT2D eigenvalue weighted by atomic mass is 9.97. The SMILES string of the molecule is C[C@@H]1O[C@@H](OC[C@H]2O[C@@H](Oc3c(-c4ccc(O)c(O)c4)oc4cc(O)cc(O)c4c3=O)[C@H](O[C@@H]3OCC(O)(CO)[C@H]3O)[C@@H](O)[C@H]2O)[C@H](O)[C@H](O[C@@H]2OC[C@@H](O)[C@H](O)[C@@H]2O)[C@H]1O. The largest absolute Gasteiger partial charge is 0.508 e. The zero-order valence-corrected chi connectivity index (χ0v) is 31.8. The minimum Gasteiger partial charge on any atom is -0.508 e. The lowest BCUT2D eigenvalue weighted by Gasteiger charge is -2.45. The third-order valence-corrected chi connectivity index (χ3v) is 10.9. The van der Waals surface area contributed by atoms with Crippen molar-refractivity contribution in [2.45, 2.75) is 111 Å². The Balaban J connectivity index is 1.20. The van der Waals surface area contributed by atoms with E-state index in [1.54, 1.807) is 0 Å². The van der Waals surface area contributed by atoms with Gasteiger partial charge in [-0.15, -0.1) is 0 Å². The molecule has 0 bridgehead atoms. The molecule has 4 saturated heterocycles. The third kappa shape index (κ3) is 8.56. The van der Waals surface area contributed by atoms with Gasteiger partial charge >= 0.3 is 0 Å². The molecule has 24 heteroatoms. The van der Waals surface area contributed by atoms with Gasteiger partial charge < -0.3 is 114 Å². The van der Waals surface area contributed by atoms with Crippen molar-refractivity contribution in [1.29, 1.82) is 0 Å². The quantitative estimate of drug-likeness (QED) is 0.0804. The minimum atomic E-state index is -2.23. The molecule has 4 fully saturated rings. The standard InChI is InChI=1S/C37H46O24/c1-11-21(44)29(59-33-26(49)22(45)17(43)7-53-33)27(50)34(56-11)54-8-19-23(46)25(48)31(61-36-32(51)37(52,9-38)10-55-36)35(58-19)60-30-24(47)20-16(42)5-13(39)6-18(20)57-28(30)12-2-3-14(40)15(41)4-12/h2-6,11,17,19,21-23,25-27,29,31-36,38-46,48-52H,7-10H2,1H3/t11-,17+,19+,21-,22-,23-,25-,26-,27+,29+,31+,32-,33-,34+,35-,36-,37?/m0/s1. The minimum absolute atomic E-state index is 0.128. The highest BCUT2D eigenvalue weighted by atomic mass is 16.8. The van der Waals surface area contributed by atoms with Crippen LogP contribution in [-0.2, 0) is 33.2 Å². The molecule has 0 amide bonds. The number of fused-ring (bicyclic) bond motifs is 1.